The average molecular weight is 470 g/mol. The van der Waals surface area contributed by atoms with Crippen molar-refractivity contribution in [2.45, 2.75) is 50.1 Å². The molecule has 1 saturated heterocycles. The molecule has 4 rings (SSSR count). The van der Waals surface area contributed by atoms with Gasteiger partial charge in [0.25, 0.3) is 12.3 Å². The van der Waals surface area contributed by atoms with Gasteiger partial charge in [-0.05, 0) is 18.9 Å². The number of halogens is 2. The molecule has 13 heteroatoms. The van der Waals surface area contributed by atoms with E-state index in [2.05, 4.69) is 10.4 Å². The molecule has 0 radical (unpaired) electrons. The maximum atomic E-state index is 13.0. The molecule has 2 amide bonds. The number of nitrogens with one attached hydrogen (secondary N) is 1. The summed E-state index contributed by atoms with van der Waals surface area (Å²) in [5.74, 6) is -2.80. The highest BCUT2D eigenvalue weighted by Crippen LogP contribution is 2.42. The van der Waals surface area contributed by atoms with Crippen LogP contribution in [-0.4, -0.2) is 67.3 Å². The van der Waals surface area contributed by atoms with Crippen LogP contribution in [0.3, 0.4) is 0 Å². The number of fused-ring (bicyclic) bond motifs is 1. The van der Waals surface area contributed by atoms with E-state index >= 15 is 0 Å². The quantitative estimate of drug-likeness (QED) is 0.425. The molecule has 1 aromatic heterocycles. The summed E-state index contributed by atoms with van der Waals surface area (Å²) in [7, 11) is 0. The lowest BCUT2D eigenvalue weighted by Gasteiger charge is -2.49. The number of carbonyl (C=O) groups is 4. The Balaban J connectivity index is 1.44. The van der Waals surface area contributed by atoms with Gasteiger partial charge in [-0.2, -0.15) is 5.10 Å². The zero-order valence-corrected chi connectivity index (χ0v) is 17.7. The van der Waals surface area contributed by atoms with Gasteiger partial charge in [0.15, 0.2) is 0 Å². The highest BCUT2D eigenvalue weighted by Gasteiger charge is 2.54. The van der Waals surface area contributed by atoms with E-state index in [1.54, 1.807) is 0 Å². The molecule has 32 heavy (non-hydrogen) atoms. The molecule has 0 bridgehead atoms. The Morgan fingerprint density at radius 1 is 1.38 bits per heavy atom. The molecule has 2 N–H and O–H groups in total. The predicted octanol–water partition coefficient (Wildman–Crippen LogP) is 1.000. The van der Waals surface area contributed by atoms with Gasteiger partial charge in [0.2, 0.25) is 5.91 Å². The number of amides is 2. The van der Waals surface area contributed by atoms with Crippen molar-refractivity contribution in [1.82, 2.24) is 20.0 Å². The van der Waals surface area contributed by atoms with Crippen molar-refractivity contribution in [1.29, 1.82) is 0 Å². The van der Waals surface area contributed by atoms with Crippen molar-refractivity contribution in [3.05, 3.63) is 28.7 Å². The summed E-state index contributed by atoms with van der Waals surface area (Å²) >= 11 is 1.24. The minimum absolute atomic E-state index is 0.0939. The Morgan fingerprint density at radius 2 is 2.09 bits per heavy atom. The first-order valence-corrected chi connectivity index (χ1v) is 10.9. The highest BCUT2D eigenvalue weighted by molar-refractivity contribution is 8.00. The van der Waals surface area contributed by atoms with Crippen LogP contribution in [0.4, 0.5) is 8.78 Å². The summed E-state index contributed by atoms with van der Waals surface area (Å²) in [6.07, 6.45) is -1.07. The molecule has 0 spiro atoms. The van der Waals surface area contributed by atoms with Crippen molar-refractivity contribution in [2.75, 3.05) is 12.4 Å². The van der Waals surface area contributed by atoms with Crippen LogP contribution in [0.15, 0.2) is 17.3 Å². The van der Waals surface area contributed by atoms with Gasteiger partial charge in [-0.1, -0.05) is 0 Å². The van der Waals surface area contributed by atoms with Crippen LogP contribution in [0.5, 0.6) is 0 Å². The molecular formula is C19H20F2N4O6S. The third kappa shape index (κ3) is 4.20. The molecule has 2 fully saturated rings. The van der Waals surface area contributed by atoms with Crippen molar-refractivity contribution in [2.24, 2.45) is 0 Å². The molecule has 2 aliphatic heterocycles. The smallest absolute Gasteiger partial charge is 0.352 e. The lowest BCUT2D eigenvalue weighted by Crippen LogP contribution is -2.70. The predicted molar refractivity (Wildman–Crippen MR) is 105 cm³/mol. The summed E-state index contributed by atoms with van der Waals surface area (Å²) in [5.41, 5.74) is 0.202. The van der Waals surface area contributed by atoms with E-state index in [0.29, 0.717) is 5.69 Å². The second-order valence-corrected chi connectivity index (χ2v) is 8.82. The average Bonchev–Trinajstić information content (AvgIpc) is 3.49. The zero-order chi connectivity index (χ0) is 23.2. The van der Waals surface area contributed by atoms with Gasteiger partial charge in [0, 0.05) is 29.9 Å². The number of carboxylic acid groups (broad SMARTS) is 1. The Labute approximate surface area is 184 Å². The van der Waals surface area contributed by atoms with E-state index in [1.165, 1.54) is 29.4 Å². The molecule has 0 unspecified atom stereocenters. The Hall–Kier alpha value is -2.96. The highest BCUT2D eigenvalue weighted by atomic mass is 32.2. The van der Waals surface area contributed by atoms with Gasteiger partial charge in [-0.3, -0.25) is 24.0 Å². The number of alkyl halides is 2. The van der Waals surface area contributed by atoms with Gasteiger partial charge in [-0.15, -0.1) is 11.8 Å². The normalized spacial score (nSPS) is 22.5. The van der Waals surface area contributed by atoms with Gasteiger partial charge < -0.3 is 15.2 Å². The van der Waals surface area contributed by atoms with Crippen molar-refractivity contribution < 1.29 is 37.8 Å². The number of hydrogen-bond donors (Lipinski definition) is 2. The van der Waals surface area contributed by atoms with Crippen molar-refractivity contribution in [3.8, 4) is 0 Å². The fourth-order valence-electron chi connectivity index (χ4n) is 3.73. The number of carbonyl (C=O) groups excluding carboxylic acids is 3. The number of aliphatic carboxylic acids is 1. The first-order valence-electron chi connectivity index (χ1n) is 9.86. The molecule has 1 aromatic rings. The number of nitrogens with zero attached hydrogens (tertiary/aromatic N) is 3. The molecule has 10 nitrogen and oxygen atoms in total. The van der Waals surface area contributed by atoms with Crippen LogP contribution < -0.4 is 5.32 Å². The number of thioether (sulfide) groups is 1. The molecule has 172 valence electrons. The largest absolute Gasteiger partial charge is 0.477 e. The molecule has 1 saturated carbocycles. The minimum atomic E-state index is -2.75. The molecule has 0 aromatic carbocycles. The van der Waals surface area contributed by atoms with Gasteiger partial charge in [0.1, 0.15) is 36.0 Å². The Bertz CT molecular complexity index is 1020. The van der Waals surface area contributed by atoms with Crippen molar-refractivity contribution >= 4 is 35.5 Å². The van der Waals surface area contributed by atoms with E-state index in [4.69, 9.17) is 4.74 Å². The molecule has 3 aliphatic rings. The molecular weight excluding hydrogens is 450 g/mol. The van der Waals surface area contributed by atoms with Crippen LogP contribution in [0, 0.1) is 0 Å². The Morgan fingerprint density at radius 3 is 2.69 bits per heavy atom. The number of ether oxygens (including phenoxy) is 1. The number of aromatic nitrogens is 2. The first kappa shape index (κ1) is 22.2. The molecule has 1 aliphatic carbocycles. The topological polar surface area (TPSA) is 131 Å². The molecule has 3 heterocycles. The number of β-lactam (4-membered cyclic amide) rings is 1. The lowest BCUT2D eigenvalue weighted by molar-refractivity contribution is -0.151. The maximum Gasteiger partial charge on any atom is 0.352 e. The fraction of sp³-hybridized carbons (Fsp3) is 0.526. The van der Waals surface area contributed by atoms with Crippen LogP contribution in [0.25, 0.3) is 0 Å². The van der Waals surface area contributed by atoms with E-state index in [9.17, 15) is 33.1 Å². The summed E-state index contributed by atoms with van der Waals surface area (Å²) in [6, 6.07) is 0.351. The lowest BCUT2D eigenvalue weighted by atomic mass is 10.0. The fourth-order valence-corrected chi connectivity index (χ4v) is 5.06. The van der Waals surface area contributed by atoms with Gasteiger partial charge in [-0.25, -0.2) is 13.6 Å². The second kappa shape index (κ2) is 8.52. The van der Waals surface area contributed by atoms with Crippen LogP contribution in [-0.2, 0) is 30.5 Å². The zero-order valence-electron chi connectivity index (χ0n) is 16.9. The van der Waals surface area contributed by atoms with Crippen molar-refractivity contribution in [3.63, 3.8) is 0 Å². The standard InChI is InChI=1S/C19H20F2N4O6S/c1-8(26)31-6-10-7-32-18-14(17(28)25(18)15(10)19(29)30)22-13(27)5-24-12(9-2-3-9)4-11(23-24)16(20)21/h4,9,14,16,18H,2-3,5-7H2,1H3,(H,22,27)(H,29,30)/t14-,18-/m0/s1. The third-order valence-corrected chi connectivity index (χ3v) is 6.70. The van der Waals surface area contributed by atoms with Crippen LogP contribution in [0.1, 0.15) is 43.5 Å². The first-order chi connectivity index (χ1) is 15.2. The SMILES string of the molecule is CC(=O)OCC1=C(C(=O)O)N2C(=O)[C@H](NC(=O)Cn3nc(C(F)F)cc3C3CC3)[C@@H]2SC1. The van der Waals surface area contributed by atoms with E-state index in [0.717, 1.165) is 17.7 Å². The number of esters is 1. The van der Waals surface area contributed by atoms with E-state index in [1.807, 2.05) is 0 Å². The van der Waals surface area contributed by atoms with Crippen LogP contribution in [0.2, 0.25) is 0 Å². The summed E-state index contributed by atoms with van der Waals surface area (Å²) < 4.78 is 32.1. The van der Waals surface area contributed by atoms with Gasteiger partial charge >= 0.3 is 11.9 Å². The van der Waals surface area contributed by atoms with E-state index in [-0.39, 0.29) is 36.1 Å². The number of carboxylic acids is 1. The molecule has 2 atom stereocenters. The van der Waals surface area contributed by atoms with E-state index < -0.39 is 47.3 Å². The summed E-state index contributed by atoms with van der Waals surface area (Å²) in [6.45, 7) is 0.630. The van der Waals surface area contributed by atoms with Crippen LogP contribution >= 0.6 is 11.8 Å². The number of rotatable bonds is 8. The Kier molecular flexibility index (Phi) is 5.93. The summed E-state index contributed by atoms with van der Waals surface area (Å²) in [5, 5.41) is 15.3. The summed E-state index contributed by atoms with van der Waals surface area (Å²) in [4.78, 5) is 49.0. The minimum Gasteiger partial charge on any atom is -0.477 e. The monoisotopic (exact) mass is 470 g/mol. The third-order valence-electron chi connectivity index (χ3n) is 5.36. The number of hydrogen-bond acceptors (Lipinski definition) is 7. The van der Waals surface area contributed by atoms with Gasteiger partial charge in [0.05, 0.1) is 0 Å². The second-order valence-electron chi connectivity index (χ2n) is 7.72. The maximum absolute atomic E-state index is 13.0.